The number of nitrogens with one attached hydrogen (secondary N) is 2. The normalized spacial score (nSPS) is 14.9. The van der Waals surface area contributed by atoms with Gasteiger partial charge in [0, 0.05) is 24.1 Å². The standard InChI is InChI=1S/C32H30N4O2/c37-31(35-26-19-17-25(18-20-26)16-15-24-9-2-1-3-10-24)30-14-8-22-36(30)32(38)28-12-4-5-13-29(28)34-23-27-11-6-7-21-33-27/h1-7,9-13,15-21,30,34H,8,14,22-23H2,(H,35,37)/b16-15+/t30-/m0/s1. The van der Waals surface area contributed by atoms with E-state index in [0.29, 0.717) is 30.8 Å². The first kappa shape index (κ1) is 25.0. The van der Waals surface area contributed by atoms with Crippen LogP contribution in [0.15, 0.2) is 103 Å². The minimum atomic E-state index is -0.510. The van der Waals surface area contributed by atoms with Crippen molar-refractivity contribution < 1.29 is 9.59 Å². The molecule has 38 heavy (non-hydrogen) atoms. The van der Waals surface area contributed by atoms with Crippen LogP contribution in [-0.4, -0.2) is 34.3 Å². The molecule has 0 bridgehead atoms. The summed E-state index contributed by atoms with van der Waals surface area (Å²) in [5.41, 5.74) is 5.05. The Morgan fingerprint density at radius 1 is 0.842 bits per heavy atom. The van der Waals surface area contributed by atoms with Crippen LogP contribution >= 0.6 is 0 Å². The topological polar surface area (TPSA) is 74.3 Å². The first-order valence-electron chi connectivity index (χ1n) is 12.9. The summed E-state index contributed by atoms with van der Waals surface area (Å²) in [6, 6.07) is 30.5. The summed E-state index contributed by atoms with van der Waals surface area (Å²) >= 11 is 0. The lowest BCUT2D eigenvalue weighted by molar-refractivity contribution is -0.119. The van der Waals surface area contributed by atoms with Gasteiger partial charge in [-0.3, -0.25) is 14.6 Å². The Bertz CT molecular complexity index is 1400. The first-order valence-corrected chi connectivity index (χ1v) is 12.9. The lowest BCUT2D eigenvalue weighted by Crippen LogP contribution is -2.43. The fourth-order valence-corrected chi connectivity index (χ4v) is 4.61. The van der Waals surface area contributed by atoms with E-state index in [-0.39, 0.29) is 11.8 Å². The number of nitrogens with zero attached hydrogens (tertiary/aromatic N) is 2. The number of rotatable bonds is 8. The van der Waals surface area contributed by atoms with Gasteiger partial charge in [-0.15, -0.1) is 0 Å². The largest absolute Gasteiger partial charge is 0.379 e. The summed E-state index contributed by atoms with van der Waals surface area (Å²) in [7, 11) is 0. The second-order valence-electron chi connectivity index (χ2n) is 9.23. The van der Waals surface area contributed by atoms with Crippen molar-refractivity contribution in [3.63, 3.8) is 0 Å². The minimum absolute atomic E-state index is 0.145. The molecule has 0 radical (unpaired) electrons. The highest BCUT2D eigenvalue weighted by Gasteiger charge is 2.35. The van der Waals surface area contributed by atoms with E-state index in [4.69, 9.17) is 0 Å². The number of hydrogen-bond acceptors (Lipinski definition) is 4. The van der Waals surface area contributed by atoms with Gasteiger partial charge in [-0.25, -0.2) is 0 Å². The zero-order valence-corrected chi connectivity index (χ0v) is 21.1. The molecule has 0 saturated carbocycles. The highest BCUT2D eigenvalue weighted by Crippen LogP contribution is 2.25. The van der Waals surface area contributed by atoms with E-state index in [1.807, 2.05) is 84.9 Å². The van der Waals surface area contributed by atoms with Gasteiger partial charge in [-0.05, 0) is 60.4 Å². The Kier molecular flexibility index (Phi) is 7.89. The second kappa shape index (κ2) is 12.0. The number of hydrogen-bond donors (Lipinski definition) is 2. The molecule has 1 atom stereocenters. The lowest BCUT2D eigenvalue weighted by atomic mass is 10.1. The van der Waals surface area contributed by atoms with Gasteiger partial charge < -0.3 is 15.5 Å². The molecule has 2 amide bonds. The van der Waals surface area contributed by atoms with Crippen molar-refractivity contribution in [2.24, 2.45) is 0 Å². The number of benzene rings is 3. The van der Waals surface area contributed by atoms with Gasteiger partial charge >= 0.3 is 0 Å². The Balaban J connectivity index is 1.23. The summed E-state index contributed by atoms with van der Waals surface area (Å²) < 4.78 is 0. The summed E-state index contributed by atoms with van der Waals surface area (Å²) in [5, 5.41) is 6.33. The Morgan fingerprint density at radius 3 is 2.32 bits per heavy atom. The van der Waals surface area contributed by atoms with Crippen LogP contribution in [0.25, 0.3) is 12.2 Å². The van der Waals surface area contributed by atoms with Crippen molar-refractivity contribution in [3.05, 3.63) is 126 Å². The van der Waals surface area contributed by atoms with Gasteiger partial charge in [-0.1, -0.05) is 72.8 Å². The van der Waals surface area contributed by atoms with Crippen LogP contribution in [0.5, 0.6) is 0 Å². The van der Waals surface area contributed by atoms with Crippen molar-refractivity contribution in [1.82, 2.24) is 9.88 Å². The molecule has 5 rings (SSSR count). The van der Waals surface area contributed by atoms with Crippen molar-refractivity contribution in [2.45, 2.75) is 25.4 Å². The number of pyridine rings is 1. The van der Waals surface area contributed by atoms with Crippen LogP contribution in [0, 0.1) is 0 Å². The van der Waals surface area contributed by atoms with E-state index in [2.05, 4.69) is 33.8 Å². The highest BCUT2D eigenvalue weighted by atomic mass is 16.2. The number of aromatic nitrogens is 1. The predicted molar refractivity (Wildman–Crippen MR) is 153 cm³/mol. The molecule has 1 aliphatic rings. The number of carbonyl (C=O) groups is 2. The summed E-state index contributed by atoms with van der Waals surface area (Å²) in [6.07, 6.45) is 7.27. The molecule has 0 aliphatic carbocycles. The monoisotopic (exact) mass is 502 g/mol. The van der Waals surface area contributed by atoms with Gasteiger partial charge in [0.05, 0.1) is 17.8 Å². The maximum Gasteiger partial charge on any atom is 0.256 e. The molecule has 2 N–H and O–H groups in total. The molecular weight excluding hydrogens is 472 g/mol. The van der Waals surface area contributed by atoms with Crippen LogP contribution in [0.2, 0.25) is 0 Å². The van der Waals surface area contributed by atoms with E-state index in [1.54, 1.807) is 17.2 Å². The van der Waals surface area contributed by atoms with Crippen LogP contribution in [0.3, 0.4) is 0 Å². The first-order chi connectivity index (χ1) is 18.7. The third-order valence-electron chi connectivity index (χ3n) is 6.61. The zero-order chi connectivity index (χ0) is 26.2. The maximum absolute atomic E-state index is 13.6. The molecule has 6 nitrogen and oxygen atoms in total. The fourth-order valence-electron chi connectivity index (χ4n) is 4.61. The van der Waals surface area contributed by atoms with Crippen LogP contribution < -0.4 is 10.6 Å². The number of amides is 2. The molecule has 1 saturated heterocycles. The zero-order valence-electron chi connectivity index (χ0n) is 21.1. The summed E-state index contributed by atoms with van der Waals surface area (Å²) in [5.74, 6) is -0.310. The van der Waals surface area contributed by atoms with E-state index < -0.39 is 6.04 Å². The molecule has 3 aromatic carbocycles. The lowest BCUT2D eigenvalue weighted by Gasteiger charge is -2.25. The third kappa shape index (κ3) is 6.16. The number of likely N-dealkylation sites (tertiary alicyclic amines) is 1. The van der Waals surface area contributed by atoms with Crippen LogP contribution in [0.1, 0.15) is 40.0 Å². The SMILES string of the molecule is O=C(Nc1ccc(/C=C/c2ccccc2)cc1)[C@@H]1CCCN1C(=O)c1ccccc1NCc1ccccn1. The molecule has 0 unspecified atom stereocenters. The van der Waals surface area contributed by atoms with Crippen LogP contribution in [-0.2, 0) is 11.3 Å². The van der Waals surface area contributed by atoms with Crippen molar-refractivity contribution in [2.75, 3.05) is 17.2 Å². The summed E-state index contributed by atoms with van der Waals surface area (Å²) in [6.45, 7) is 1.06. The molecule has 1 fully saturated rings. The Hall–Kier alpha value is -4.71. The smallest absolute Gasteiger partial charge is 0.256 e. The van der Waals surface area contributed by atoms with Gasteiger partial charge in [-0.2, -0.15) is 0 Å². The number of para-hydroxylation sites is 1. The molecule has 0 spiro atoms. The van der Waals surface area contributed by atoms with Gasteiger partial charge in [0.25, 0.3) is 5.91 Å². The van der Waals surface area contributed by atoms with E-state index >= 15 is 0 Å². The van der Waals surface area contributed by atoms with Crippen molar-refractivity contribution >= 4 is 35.3 Å². The third-order valence-corrected chi connectivity index (χ3v) is 6.61. The van der Waals surface area contributed by atoms with E-state index in [0.717, 1.165) is 28.9 Å². The predicted octanol–water partition coefficient (Wildman–Crippen LogP) is 6.11. The molecule has 4 aromatic rings. The molecule has 1 aliphatic heterocycles. The number of carbonyl (C=O) groups excluding carboxylic acids is 2. The molecular formula is C32H30N4O2. The maximum atomic E-state index is 13.6. The van der Waals surface area contributed by atoms with Crippen molar-refractivity contribution in [1.29, 1.82) is 0 Å². The van der Waals surface area contributed by atoms with Gasteiger partial charge in [0.2, 0.25) is 5.91 Å². The van der Waals surface area contributed by atoms with Crippen LogP contribution in [0.4, 0.5) is 11.4 Å². The highest BCUT2D eigenvalue weighted by molar-refractivity contribution is 6.04. The van der Waals surface area contributed by atoms with E-state index in [9.17, 15) is 9.59 Å². The van der Waals surface area contributed by atoms with E-state index in [1.165, 1.54) is 0 Å². The Morgan fingerprint density at radius 2 is 1.55 bits per heavy atom. The minimum Gasteiger partial charge on any atom is -0.379 e. The number of anilines is 2. The van der Waals surface area contributed by atoms with Gasteiger partial charge in [0.1, 0.15) is 6.04 Å². The second-order valence-corrected chi connectivity index (χ2v) is 9.23. The molecule has 2 heterocycles. The average Bonchev–Trinajstić information content (AvgIpc) is 3.47. The fraction of sp³-hybridized carbons (Fsp3) is 0.156. The quantitative estimate of drug-likeness (QED) is 0.285. The summed E-state index contributed by atoms with van der Waals surface area (Å²) in [4.78, 5) is 32.8. The molecule has 6 heteroatoms. The Labute approximate surface area is 223 Å². The molecule has 1 aromatic heterocycles. The molecule has 190 valence electrons. The average molecular weight is 503 g/mol. The van der Waals surface area contributed by atoms with Gasteiger partial charge in [0.15, 0.2) is 0 Å². The van der Waals surface area contributed by atoms with Crippen molar-refractivity contribution in [3.8, 4) is 0 Å².